The van der Waals surface area contributed by atoms with Crippen molar-refractivity contribution in [2.75, 3.05) is 18.0 Å². The number of nitrogens with one attached hydrogen (secondary N) is 2. The van der Waals surface area contributed by atoms with Crippen LogP contribution >= 0.6 is 0 Å². The lowest BCUT2D eigenvalue weighted by Crippen LogP contribution is -2.44. The first-order valence-electron chi connectivity index (χ1n) is 7.89. The van der Waals surface area contributed by atoms with E-state index >= 15 is 0 Å². The largest absolute Gasteiger partial charge is 0.371 e. The molecule has 1 aliphatic rings. The number of piperidine rings is 1. The summed E-state index contributed by atoms with van der Waals surface area (Å²) in [5.41, 5.74) is 2.68. The lowest BCUT2D eigenvalue weighted by molar-refractivity contribution is -0.119. The molecule has 1 aliphatic heterocycles. The summed E-state index contributed by atoms with van der Waals surface area (Å²) in [5.74, 6) is 0.0787. The van der Waals surface area contributed by atoms with Crippen LogP contribution in [0.25, 0.3) is 0 Å². The van der Waals surface area contributed by atoms with Crippen molar-refractivity contribution < 1.29 is 4.79 Å². The molecule has 0 spiro atoms. The van der Waals surface area contributed by atoms with Gasteiger partial charge in [0.25, 0.3) is 0 Å². The number of amides is 1. The van der Waals surface area contributed by atoms with Crippen LogP contribution in [0.2, 0.25) is 0 Å². The minimum Gasteiger partial charge on any atom is -0.371 e. The number of carbonyl (C=O) groups is 1. The van der Waals surface area contributed by atoms with Gasteiger partial charge in [0.1, 0.15) is 0 Å². The van der Waals surface area contributed by atoms with Gasteiger partial charge < -0.3 is 15.5 Å². The number of benzene rings is 1. The summed E-state index contributed by atoms with van der Waals surface area (Å²) < 4.78 is 0. The van der Waals surface area contributed by atoms with E-state index in [2.05, 4.69) is 53.6 Å². The van der Waals surface area contributed by atoms with E-state index in [0.29, 0.717) is 12.1 Å². The number of hydrogen-bond acceptors (Lipinski definition) is 3. The minimum atomic E-state index is 0.0787. The second-order valence-electron chi connectivity index (χ2n) is 6.13. The molecule has 0 aromatic heterocycles. The fourth-order valence-corrected chi connectivity index (χ4v) is 2.84. The maximum Gasteiger partial charge on any atom is 0.217 e. The first-order valence-corrected chi connectivity index (χ1v) is 7.89. The SMILES string of the molecule is CC(=O)NC1CCN(c2ccccc2CNC(C)C)CC1. The molecular formula is C17H27N3O. The lowest BCUT2D eigenvalue weighted by atomic mass is 10.0. The highest BCUT2D eigenvalue weighted by molar-refractivity contribution is 5.73. The zero-order chi connectivity index (χ0) is 15.2. The molecule has 0 aliphatic carbocycles. The number of rotatable bonds is 5. The molecule has 1 saturated heterocycles. The highest BCUT2D eigenvalue weighted by Crippen LogP contribution is 2.24. The van der Waals surface area contributed by atoms with Crippen molar-refractivity contribution in [1.82, 2.24) is 10.6 Å². The Balaban J connectivity index is 1.98. The zero-order valence-electron chi connectivity index (χ0n) is 13.4. The standard InChI is InChI=1S/C17H27N3O/c1-13(2)18-12-15-6-4-5-7-17(15)20-10-8-16(9-11-20)19-14(3)21/h4-7,13,16,18H,8-12H2,1-3H3,(H,19,21). The molecule has 0 saturated carbocycles. The second-order valence-corrected chi connectivity index (χ2v) is 6.13. The van der Waals surface area contributed by atoms with Crippen molar-refractivity contribution in [2.45, 2.75) is 52.2 Å². The van der Waals surface area contributed by atoms with Crippen molar-refractivity contribution in [3.05, 3.63) is 29.8 Å². The molecule has 4 nitrogen and oxygen atoms in total. The van der Waals surface area contributed by atoms with Crippen molar-refractivity contribution in [3.63, 3.8) is 0 Å². The third kappa shape index (κ3) is 4.74. The molecule has 0 atom stereocenters. The average Bonchev–Trinajstić information content (AvgIpc) is 2.46. The topological polar surface area (TPSA) is 44.4 Å². The van der Waals surface area contributed by atoms with Crippen LogP contribution in [0.1, 0.15) is 39.2 Å². The van der Waals surface area contributed by atoms with Gasteiger partial charge in [0, 0.05) is 44.3 Å². The number of nitrogens with zero attached hydrogens (tertiary/aromatic N) is 1. The normalized spacial score (nSPS) is 16.3. The Hall–Kier alpha value is -1.55. The van der Waals surface area contributed by atoms with Crippen LogP contribution in [0.5, 0.6) is 0 Å². The number of para-hydroxylation sites is 1. The quantitative estimate of drug-likeness (QED) is 0.874. The maximum absolute atomic E-state index is 11.1. The van der Waals surface area contributed by atoms with E-state index in [1.807, 2.05) is 0 Å². The number of anilines is 1. The second kappa shape index (κ2) is 7.46. The van der Waals surface area contributed by atoms with Crippen LogP contribution in [-0.4, -0.2) is 31.1 Å². The van der Waals surface area contributed by atoms with Crippen LogP contribution in [0, 0.1) is 0 Å². The van der Waals surface area contributed by atoms with Gasteiger partial charge in [0.15, 0.2) is 0 Å². The van der Waals surface area contributed by atoms with E-state index in [-0.39, 0.29) is 5.91 Å². The van der Waals surface area contributed by atoms with Gasteiger partial charge in [0.05, 0.1) is 0 Å². The molecule has 21 heavy (non-hydrogen) atoms. The molecule has 4 heteroatoms. The summed E-state index contributed by atoms with van der Waals surface area (Å²) in [5, 5.41) is 6.52. The van der Waals surface area contributed by atoms with E-state index < -0.39 is 0 Å². The Kier molecular flexibility index (Phi) is 5.62. The first-order chi connectivity index (χ1) is 10.1. The summed E-state index contributed by atoms with van der Waals surface area (Å²) in [6.07, 6.45) is 2.04. The van der Waals surface area contributed by atoms with Crippen LogP contribution in [-0.2, 0) is 11.3 Å². The van der Waals surface area contributed by atoms with Crippen LogP contribution in [0.4, 0.5) is 5.69 Å². The van der Waals surface area contributed by atoms with Crippen LogP contribution < -0.4 is 15.5 Å². The lowest BCUT2D eigenvalue weighted by Gasteiger charge is -2.35. The van der Waals surface area contributed by atoms with Crippen molar-refractivity contribution in [2.24, 2.45) is 0 Å². The van der Waals surface area contributed by atoms with E-state index in [9.17, 15) is 4.79 Å². The molecule has 2 rings (SSSR count). The molecule has 1 heterocycles. The molecule has 1 fully saturated rings. The van der Waals surface area contributed by atoms with E-state index in [1.165, 1.54) is 11.3 Å². The monoisotopic (exact) mass is 289 g/mol. The molecule has 116 valence electrons. The Labute approximate surface area is 127 Å². The summed E-state index contributed by atoms with van der Waals surface area (Å²) in [6.45, 7) is 8.84. The van der Waals surface area contributed by atoms with Gasteiger partial charge in [-0.15, -0.1) is 0 Å². The van der Waals surface area contributed by atoms with Crippen molar-refractivity contribution in [3.8, 4) is 0 Å². The smallest absolute Gasteiger partial charge is 0.217 e. The molecule has 2 N–H and O–H groups in total. The average molecular weight is 289 g/mol. The van der Waals surface area contributed by atoms with E-state index in [1.54, 1.807) is 6.92 Å². The molecule has 0 bridgehead atoms. The van der Waals surface area contributed by atoms with Crippen molar-refractivity contribution >= 4 is 11.6 Å². The van der Waals surface area contributed by atoms with Gasteiger partial charge in [-0.3, -0.25) is 4.79 Å². The zero-order valence-corrected chi connectivity index (χ0v) is 13.4. The fourth-order valence-electron chi connectivity index (χ4n) is 2.84. The summed E-state index contributed by atoms with van der Waals surface area (Å²) in [6, 6.07) is 9.43. The molecule has 0 radical (unpaired) electrons. The minimum absolute atomic E-state index is 0.0787. The third-order valence-electron chi connectivity index (χ3n) is 3.94. The van der Waals surface area contributed by atoms with Gasteiger partial charge >= 0.3 is 0 Å². The Morgan fingerprint density at radius 1 is 1.29 bits per heavy atom. The number of carbonyl (C=O) groups excluding carboxylic acids is 1. The molecule has 1 aromatic rings. The predicted molar refractivity (Wildman–Crippen MR) is 87.5 cm³/mol. The van der Waals surface area contributed by atoms with Crippen LogP contribution in [0.15, 0.2) is 24.3 Å². The third-order valence-corrected chi connectivity index (χ3v) is 3.94. The molecular weight excluding hydrogens is 262 g/mol. The van der Waals surface area contributed by atoms with E-state index in [4.69, 9.17) is 0 Å². The van der Waals surface area contributed by atoms with Crippen LogP contribution in [0.3, 0.4) is 0 Å². The predicted octanol–water partition coefficient (Wildman–Crippen LogP) is 2.29. The van der Waals surface area contributed by atoms with Gasteiger partial charge in [-0.2, -0.15) is 0 Å². The number of hydrogen-bond donors (Lipinski definition) is 2. The molecule has 0 unspecified atom stereocenters. The Bertz CT molecular complexity index is 465. The highest BCUT2D eigenvalue weighted by atomic mass is 16.1. The molecule has 1 aromatic carbocycles. The van der Waals surface area contributed by atoms with E-state index in [0.717, 1.165) is 32.5 Å². The van der Waals surface area contributed by atoms with Gasteiger partial charge in [-0.05, 0) is 24.5 Å². The van der Waals surface area contributed by atoms with Gasteiger partial charge in [-0.25, -0.2) is 0 Å². The highest BCUT2D eigenvalue weighted by Gasteiger charge is 2.21. The Morgan fingerprint density at radius 3 is 2.57 bits per heavy atom. The van der Waals surface area contributed by atoms with Gasteiger partial charge in [-0.1, -0.05) is 32.0 Å². The van der Waals surface area contributed by atoms with Crippen molar-refractivity contribution in [1.29, 1.82) is 0 Å². The summed E-state index contributed by atoms with van der Waals surface area (Å²) in [4.78, 5) is 13.6. The molecule has 1 amide bonds. The summed E-state index contributed by atoms with van der Waals surface area (Å²) in [7, 11) is 0. The Morgan fingerprint density at radius 2 is 1.95 bits per heavy atom. The maximum atomic E-state index is 11.1. The van der Waals surface area contributed by atoms with Gasteiger partial charge in [0.2, 0.25) is 5.91 Å². The fraction of sp³-hybridized carbons (Fsp3) is 0.588. The first kappa shape index (κ1) is 15.8. The summed E-state index contributed by atoms with van der Waals surface area (Å²) >= 11 is 0.